The number of nitrogens with one attached hydrogen (secondary N) is 3. The van der Waals surface area contributed by atoms with Crippen molar-refractivity contribution in [3.05, 3.63) is 52.9 Å². The van der Waals surface area contributed by atoms with Gasteiger partial charge in [-0.25, -0.2) is 13.6 Å². The highest BCUT2D eigenvalue weighted by molar-refractivity contribution is 6.01. The normalized spacial score (nSPS) is 19.5. The third-order valence-electron chi connectivity index (χ3n) is 6.78. The molecule has 39 heavy (non-hydrogen) atoms. The molecule has 1 aromatic carbocycles. The quantitative estimate of drug-likeness (QED) is 0.303. The van der Waals surface area contributed by atoms with E-state index in [1.807, 2.05) is 0 Å². The maximum atomic E-state index is 14.8. The van der Waals surface area contributed by atoms with Crippen molar-refractivity contribution in [2.75, 3.05) is 23.3 Å². The van der Waals surface area contributed by atoms with Gasteiger partial charge in [0.2, 0.25) is 11.8 Å². The molecule has 4 amide bonds. The number of hydrogen-bond donors (Lipinski definition) is 3. The van der Waals surface area contributed by atoms with Gasteiger partial charge in [0.1, 0.15) is 17.3 Å². The fourth-order valence-electron chi connectivity index (χ4n) is 4.57. The fourth-order valence-corrected chi connectivity index (χ4v) is 4.57. The number of urea groups is 1. The number of halogens is 4. The highest BCUT2D eigenvalue weighted by Crippen LogP contribution is 2.34. The molecule has 1 aliphatic carbocycles. The summed E-state index contributed by atoms with van der Waals surface area (Å²) in [6.07, 6.45) is 3.02. The minimum Gasteiger partial charge on any atom is -0.367 e. The lowest BCUT2D eigenvalue weighted by Gasteiger charge is -2.41. The zero-order valence-corrected chi connectivity index (χ0v) is 20.9. The van der Waals surface area contributed by atoms with E-state index >= 15 is 0 Å². The maximum Gasteiger partial charge on any atom is 0.319 e. The molecule has 1 unspecified atom stereocenters. The molecule has 2 aromatic rings. The Bertz CT molecular complexity index is 1380. The third kappa shape index (κ3) is 5.97. The molecule has 204 valence electrons. The van der Waals surface area contributed by atoms with Crippen LogP contribution in [0.2, 0.25) is 0 Å². The molecule has 12 heteroatoms. The van der Waals surface area contributed by atoms with Gasteiger partial charge in [0.15, 0.2) is 0 Å². The molecule has 8 nitrogen and oxygen atoms in total. The van der Waals surface area contributed by atoms with E-state index in [1.165, 1.54) is 6.07 Å². The summed E-state index contributed by atoms with van der Waals surface area (Å²) in [5.74, 6) is -1.38. The number of rotatable bonds is 5. The summed E-state index contributed by atoms with van der Waals surface area (Å²) in [7, 11) is 0. The van der Waals surface area contributed by atoms with Crippen LogP contribution in [0, 0.1) is 29.4 Å². The van der Waals surface area contributed by atoms with Crippen molar-refractivity contribution in [1.82, 2.24) is 15.6 Å². The smallest absolute Gasteiger partial charge is 0.319 e. The van der Waals surface area contributed by atoms with Gasteiger partial charge in [0, 0.05) is 43.6 Å². The van der Waals surface area contributed by atoms with E-state index < -0.39 is 47.0 Å². The molecular formula is C27H25F4N5O3. The number of pyridine rings is 1. The van der Waals surface area contributed by atoms with Crippen LogP contribution in [0.5, 0.6) is 0 Å². The van der Waals surface area contributed by atoms with Crippen molar-refractivity contribution in [3.8, 4) is 11.8 Å². The van der Waals surface area contributed by atoms with E-state index in [9.17, 15) is 31.9 Å². The third-order valence-corrected chi connectivity index (χ3v) is 6.78. The first-order chi connectivity index (χ1) is 18.5. The number of amides is 4. The summed E-state index contributed by atoms with van der Waals surface area (Å²) in [5, 5.41) is 7.37. The molecule has 3 heterocycles. The zero-order valence-electron chi connectivity index (χ0n) is 20.9. The number of carbonyl (C=O) groups is 3. The Hall–Kier alpha value is -4.14. The van der Waals surface area contributed by atoms with Crippen LogP contribution in [0.3, 0.4) is 0 Å². The molecule has 1 saturated carbocycles. The minimum atomic E-state index is -3.19. The van der Waals surface area contributed by atoms with E-state index in [2.05, 4.69) is 32.8 Å². The minimum absolute atomic E-state index is 0.000948. The van der Waals surface area contributed by atoms with Crippen molar-refractivity contribution in [2.24, 2.45) is 5.92 Å². The van der Waals surface area contributed by atoms with Crippen molar-refractivity contribution >= 4 is 29.2 Å². The number of hydrogen-bond acceptors (Lipinski definition) is 5. The molecule has 1 atom stereocenters. The summed E-state index contributed by atoms with van der Waals surface area (Å²) in [4.78, 5) is 41.3. The molecule has 0 bridgehead atoms. The van der Waals surface area contributed by atoms with Gasteiger partial charge in [-0.3, -0.25) is 19.9 Å². The molecule has 0 spiro atoms. The summed E-state index contributed by atoms with van der Waals surface area (Å²) in [6.45, 7) is 1.27. The SMILES string of the molecule is CC(F)(F)c1ncc(NC(=O)NC2CN(c3cc(F)c(C4CCC(=O)NC4=O)c(F)c3)C2)cc1C#CC1CC1. The average Bonchev–Trinajstić information content (AvgIpc) is 3.64. The van der Waals surface area contributed by atoms with Crippen molar-refractivity contribution in [1.29, 1.82) is 0 Å². The lowest BCUT2D eigenvalue weighted by atomic mass is 9.89. The number of alkyl halides is 2. The predicted molar refractivity (Wildman–Crippen MR) is 133 cm³/mol. The van der Waals surface area contributed by atoms with Crippen LogP contribution in [0.4, 0.5) is 33.7 Å². The molecule has 0 radical (unpaired) electrons. The van der Waals surface area contributed by atoms with Crippen LogP contribution in [0.1, 0.15) is 55.3 Å². The first-order valence-corrected chi connectivity index (χ1v) is 12.5. The van der Waals surface area contributed by atoms with Crippen LogP contribution in [-0.2, 0) is 15.5 Å². The second-order valence-electron chi connectivity index (χ2n) is 10.1. The zero-order chi connectivity index (χ0) is 27.9. The molecule has 3 fully saturated rings. The Morgan fingerprint density at radius 2 is 1.82 bits per heavy atom. The van der Waals surface area contributed by atoms with E-state index in [0.29, 0.717) is 0 Å². The number of imide groups is 1. The van der Waals surface area contributed by atoms with Crippen LogP contribution in [-0.4, -0.2) is 42.0 Å². The van der Waals surface area contributed by atoms with Gasteiger partial charge < -0.3 is 15.5 Å². The van der Waals surface area contributed by atoms with Gasteiger partial charge in [0.05, 0.1) is 29.4 Å². The topological polar surface area (TPSA) is 103 Å². The Morgan fingerprint density at radius 1 is 1.13 bits per heavy atom. The summed E-state index contributed by atoms with van der Waals surface area (Å²) >= 11 is 0. The Kier molecular flexibility index (Phi) is 6.92. The van der Waals surface area contributed by atoms with E-state index in [0.717, 1.165) is 38.1 Å². The summed E-state index contributed by atoms with van der Waals surface area (Å²) < 4.78 is 57.5. The monoisotopic (exact) mass is 543 g/mol. The molecule has 3 N–H and O–H groups in total. The van der Waals surface area contributed by atoms with Crippen LogP contribution in [0.15, 0.2) is 24.4 Å². The average molecular weight is 544 g/mol. The summed E-state index contributed by atoms with van der Waals surface area (Å²) in [6, 6.07) is 2.67. The Labute approximate surface area is 221 Å². The van der Waals surface area contributed by atoms with Crippen molar-refractivity contribution in [3.63, 3.8) is 0 Å². The van der Waals surface area contributed by atoms with Gasteiger partial charge in [0.25, 0.3) is 5.92 Å². The molecule has 3 aliphatic rings. The first-order valence-electron chi connectivity index (χ1n) is 12.5. The number of carbonyl (C=O) groups excluding carboxylic acids is 3. The van der Waals surface area contributed by atoms with E-state index in [1.54, 1.807) is 4.90 Å². The van der Waals surface area contributed by atoms with Crippen LogP contribution in [0.25, 0.3) is 0 Å². The Morgan fingerprint density at radius 3 is 2.44 bits per heavy atom. The lowest BCUT2D eigenvalue weighted by Crippen LogP contribution is -2.60. The largest absolute Gasteiger partial charge is 0.367 e. The number of piperidine rings is 1. The lowest BCUT2D eigenvalue weighted by molar-refractivity contribution is -0.134. The number of anilines is 2. The van der Waals surface area contributed by atoms with Crippen molar-refractivity contribution in [2.45, 2.75) is 50.5 Å². The van der Waals surface area contributed by atoms with Crippen LogP contribution >= 0.6 is 0 Å². The van der Waals surface area contributed by atoms with E-state index in [-0.39, 0.29) is 60.4 Å². The molecule has 1 aromatic heterocycles. The molecule has 5 rings (SSSR count). The van der Waals surface area contributed by atoms with E-state index in [4.69, 9.17) is 0 Å². The van der Waals surface area contributed by atoms with Gasteiger partial charge in [-0.05, 0) is 37.5 Å². The second-order valence-corrected chi connectivity index (χ2v) is 10.1. The molecular weight excluding hydrogens is 518 g/mol. The predicted octanol–water partition coefficient (Wildman–Crippen LogP) is 3.76. The second kappa shape index (κ2) is 10.2. The van der Waals surface area contributed by atoms with Gasteiger partial charge >= 0.3 is 6.03 Å². The number of aromatic nitrogens is 1. The Balaban J connectivity index is 1.19. The fraction of sp³-hybridized carbons (Fsp3) is 0.407. The first kappa shape index (κ1) is 26.5. The van der Waals surface area contributed by atoms with Crippen LogP contribution < -0.4 is 20.9 Å². The van der Waals surface area contributed by atoms with Gasteiger partial charge in [-0.2, -0.15) is 8.78 Å². The van der Waals surface area contributed by atoms with Crippen molar-refractivity contribution < 1.29 is 31.9 Å². The number of nitrogens with zero attached hydrogens (tertiary/aromatic N) is 2. The summed E-state index contributed by atoms with van der Waals surface area (Å²) in [5.41, 5.74) is -0.338. The van der Waals surface area contributed by atoms with Gasteiger partial charge in [-0.15, -0.1) is 0 Å². The van der Waals surface area contributed by atoms with Gasteiger partial charge in [-0.1, -0.05) is 11.8 Å². The molecule has 2 saturated heterocycles. The highest BCUT2D eigenvalue weighted by Gasteiger charge is 2.35. The number of benzene rings is 1. The molecule has 2 aliphatic heterocycles. The highest BCUT2D eigenvalue weighted by atomic mass is 19.3. The standard InChI is InChI=1S/C27H25F4N5O3/c1-27(30,31)24-15(5-4-14-2-3-14)8-16(11-32-24)33-26(39)34-17-12-36(13-17)18-9-20(28)23(21(29)10-18)19-6-7-22(37)35-25(19)38/h8-11,14,17,19H,2-3,6-7,12-13H2,1H3,(H2,33,34,39)(H,35,37,38). The maximum absolute atomic E-state index is 14.8.